The first-order chi connectivity index (χ1) is 17.2. The molecule has 36 heavy (non-hydrogen) atoms. The Hall–Kier alpha value is -3.28. The number of fused-ring (bicyclic) bond motifs is 1. The van der Waals surface area contributed by atoms with Crippen LogP contribution in [0.4, 0.5) is 26.3 Å². The maximum Gasteiger partial charge on any atom is 0.416 e. The van der Waals surface area contributed by atoms with E-state index < -0.39 is 34.8 Å². The molecule has 0 spiro atoms. The van der Waals surface area contributed by atoms with Gasteiger partial charge in [0.1, 0.15) is 17.5 Å². The second kappa shape index (κ2) is 10.8. The van der Waals surface area contributed by atoms with Gasteiger partial charge in [-0.2, -0.15) is 13.2 Å². The van der Waals surface area contributed by atoms with Gasteiger partial charge in [-0.25, -0.2) is 13.2 Å². The lowest BCUT2D eigenvalue weighted by Crippen LogP contribution is -2.04. The average molecular weight is 501 g/mol. The number of hydrogen-bond donors (Lipinski definition) is 0. The van der Waals surface area contributed by atoms with Crippen molar-refractivity contribution >= 4 is 10.8 Å². The van der Waals surface area contributed by atoms with Crippen LogP contribution in [0.25, 0.3) is 33.0 Å². The van der Waals surface area contributed by atoms with E-state index in [9.17, 15) is 22.0 Å². The first-order valence-electron chi connectivity index (χ1n) is 12.1. The second-order valence-electron chi connectivity index (χ2n) is 9.04. The van der Waals surface area contributed by atoms with Crippen LogP contribution in [0.2, 0.25) is 0 Å². The van der Waals surface area contributed by atoms with Gasteiger partial charge in [0.05, 0.1) is 11.1 Å². The van der Waals surface area contributed by atoms with E-state index in [2.05, 4.69) is 6.92 Å². The van der Waals surface area contributed by atoms with Crippen LogP contribution < -0.4 is 0 Å². The lowest BCUT2D eigenvalue weighted by atomic mass is 9.95. The zero-order valence-electron chi connectivity index (χ0n) is 19.9. The minimum atomic E-state index is -4.55. The van der Waals surface area contributed by atoms with Gasteiger partial charge in [0, 0.05) is 10.9 Å². The molecule has 0 saturated carbocycles. The zero-order chi connectivity index (χ0) is 25.9. The van der Waals surface area contributed by atoms with Gasteiger partial charge in [0.25, 0.3) is 0 Å². The monoisotopic (exact) mass is 500 g/mol. The van der Waals surface area contributed by atoms with E-state index in [4.69, 9.17) is 0 Å². The summed E-state index contributed by atoms with van der Waals surface area (Å²) in [6, 6.07) is 14.3. The van der Waals surface area contributed by atoms with E-state index in [0.29, 0.717) is 10.8 Å². The largest absolute Gasteiger partial charge is 0.416 e. The molecule has 0 saturated heterocycles. The second-order valence-corrected chi connectivity index (χ2v) is 9.04. The molecule has 4 rings (SSSR count). The van der Waals surface area contributed by atoms with E-state index in [1.807, 2.05) is 12.1 Å². The Bertz CT molecular complexity index is 1330. The molecule has 0 amide bonds. The molecule has 188 valence electrons. The highest BCUT2D eigenvalue weighted by molar-refractivity contribution is 5.89. The van der Waals surface area contributed by atoms with Crippen LogP contribution in [0.15, 0.2) is 66.7 Å². The third-order valence-electron chi connectivity index (χ3n) is 6.44. The smallest absolute Gasteiger partial charge is 0.206 e. The Morgan fingerprint density at radius 3 is 1.97 bits per heavy atom. The van der Waals surface area contributed by atoms with Crippen molar-refractivity contribution in [3.05, 3.63) is 95.3 Å². The van der Waals surface area contributed by atoms with Crippen LogP contribution in [0.5, 0.6) is 0 Å². The maximum atomic E-state index is 15.4. The van der Waals surface area contributed by atoms with Gasteiger partial charge < -0.3 is 0 Å². The molecule has 0 nitrogen and oxygen atoms in total. The number of unbranched alkanes of at least 4 members (excludes halogenated alkanes) is 4. The first kappa shape index (κ1) is 25.8. The normalized spacial score (nSPS) is 11.9. The predicted octanol–water partition coefficient (Wildman–Crippen LogP) is 10.1. The van der Waals surface area contributed by atoms with E-state index >= 15 is 4.39 Å². The van der Waals surface area contributed by atoms with Crippen molar-refractivity contribution < 1.29 is 26.3 Å². The fourth-order valence-corrected chi connectivity index (χ4v) is 4.48. The van der Waals surface area contributed by atoms with Crippen molar-refractivity contribution in [3.8, 4) is 22.3 Å². The van der Waals surface area contributed by atoms with E-state index in [1.54, 1.807) is 12.1 Å². The van der Waals surface area contributed by atoms with Crippen LogP contribution in [0.3, 0.4) is 0 Å². The van der Waals surface area contributed by atoms with Crippen LogP contribution in [0.1, 0.15) is 50.2 Å². The number of aryl methyl sites for hydroxylation is 1. The summed E-state index contributed by atoms with van der Waals surface area (Å²) in [6.07, 6.45) is 2.18. The third-order valence-corrected chi connectivity index (χ3v) is 6.44. The molecular formula is C30H26F6. The van der Waals surface area contributed by atoms with Crippen molar-refractivity contribution in [2.45, 2.75) is 51.6 Å². The van der Waals surface area contributed by atoms with Crippen LogP contribution in [0, 0.1) is 17.5 Å². The molecule has 0 radical (unpaired) electrons. The van der Waals surface area contributed by atoms with Crippen LogP contribution in [-0.2, 0) is 12.6 Å². The molecule has 4 aromatic rings. The number of benzene rings is 4. The van der Waals surface area contributed by atoms with E-state index in [1.165, 1.54) is 25.3 Å². The number of alkyl halides is 3. The molecule has 0 bridgehead atoms. The standard InChI is InChI=1S/C30H26F6/c1-2-3-4-5-6-7-19-8-14-24-21(16-19)11-15-25(29(24)33)22-17-26(31)28(27(32)18-22)20-9-12-23(13-10-20)30(34,35)36/h8-18H,2-7H2,1H3. The Morgan fingerprint density at radius 2 is 1.33 bits per heavy atom. The van der Waals surface area contributed by atoms with Gasteiger partial charge in [-0.15, -0.1) is 0 Å². The molecule has 0 fully saturated rings. The maximum absolute atomic E-state index is 15.4. The van der Waals surface area contributed by atoms with Gasteiger partial charge in [-0.1, -0.05) is 75.1 Å². The van der Waals surface area contributed by atoms with E-state index in [-0.39, 0.29) is 16.7 Å². The first-order valence-corrected chi connectivity index (χ1v) is 12.1. The molecule has 0 heterocycles. The Kier molecular flexibility index (Phi) is 7.72. The lowest BCUT2D eigenvalue weighted by molar-refractivity contribution is -0.137. The summed E-state index contributed by atoms with van der Waals surface area (Å²) >= 11 is 0. The molecule has 0 N–H and O–H groups in total. The molecule has 0 aliphatic heterocycles. The molecule has 0 atom stereocenters. The molecule has 0 aliphatic carbocycles. The summed E-state index contributed by atoms with van der Waals surface area (Å²) in [7, 11) is 0. The number of halogens is 6. The lowest BCUT2D eigenvalue weighted by Gasteiger charge is -2.12. The van der Waals surface area contributed by atoms with Crippen LogP contribution in [-0.4, -0.2) is 0 Å². The minimum Gasteiger partial charge on any atom is -0.206 e. The highest BCUT2D eigenvalue weighted by atomic mass is 19.4. The summed E-state index contributed by atoms with van der Waals surface area (Å²) in [5.41, 5.74) is -0.236. The van der Waals surface area contributed by atoms with Gasteiger partial charge in [-0.05, 0) is 59.2 Å². The number of hydrogen-bond acceptors (Lipinski definition) is 0. The van der Waals surface area contributed by atoms with Gasteiger partial charge in [0.2, 0.25) is 0 Å². The van der Waals surface area contributed by atoms with E-state index in [0.717, 1.165) is 61.2 Å². The fraction of sp³-hybridized carbons (Fsp3) is 0.267. The molecule has 0 aromatic heterocycles. The Morgan fingerprint density at radius 1 is 0.667 bits per heavy atom. The van der Waals surface area contributed by atoms with Crippen LogP contribution >= 0.6 is 0 Å². The molecule has 0 aliphatic rings. The summed E-state index contributed by atoms with van der Waals surface area (Å²) in [5.74, 6) is -2.55. The van der Waals surface area contributed by atoms with Gasteiger partial charge in [-0.3, -0.25) is 0 Å². The topological polar surface area (TPSA) is 0 Å². The molecular weight excluding hydrogens is 474 g/mol. The van der Waals surface area contributed by atoms with Gasteiger partial charge >= 0.3 is 6.18 Å². The van der Waals surface area contributed by atoms with Crippen molar-refractivity contribution in [2.75, 3.05) is 0 Å². The zero-order valence-corrected chi connectivity index (χ0v) is 19.9. The molecule has 4 aromatic carbocycles. The molecule has 6 heteroatoms. The highest BCUT2D eigenvalue weighted by Gasteiger charge is 2.30. The van der Waals surface area contributed by atoms with Crippen molar-refractivity contribution in [1.29, 1.82) is 0 Å². The fourth-order valence-electron chi connectivity index (χ4n) is 4.48. The third kappa shape index (κ3) is 5.58. The highest BCUT2D eigenvalue weighted by Crippen LogP contribution is 2.36. The summed E-state index contributed by atoms with van der Waals surface area (Å²) in [6.45, 7) is 2.17. The number of rotatable bonds is 8. The Balaban J connectivity index is 1.61. The van der Waals surface area contributed by atoms with Crippen molar-refractivity contribution in [3.63, 3.8) is 0 Å². The predicted molar refractivity (Wildman–Crippen MR) is 132 cm³/mol. The quantitative estimate of drug-likeness (QED) is 0.167. The summed E-state index contributed by atoms with van der Waals surface area (Å²) < 4.78 is 83.6. The summed E-state index contributed by atoms with van der Waals surface area (Å²) in [4.78, 5) is 0. The van der Waals surface area contributed by atoms with Crippen molar-refractivity contribution in [2.24, 2.45) is 0 Å². The minimum absolute atomic E-state index is 0.0139. The van der Waals surface area contributed by atoms with Crippen molar-refractivity contribution in [1.82, 2.24) is 0 Å². The van der Waals surface area contributed by atoms with Gasteiger partial charge in [0.15, 0.2) is 0 Å². The Labute approximate surface area is 206 Å². The average Bonchev–Trinajstić information content (AvgIpc) is 2.83. The molecule has 0 unspecified atom stereocenters. The SMILES string of the molecule is CCCCCCCc1ccc2c(F)c(-c3cc(F)c(-c4ccc(C(F)(F)F)cc4)c(F)c3)ccc2c1. The summed E-state index contributed by atoms with van der Waals surface area (Å²) in [5, 5.41) is 1.07.